The first kappa shape index (κ1) is 16.4. The lowest BCUT2D eigenvalue weighted by Crippen LogP contribution is -2.22. The zero-order valence-electron chi connectivity index (χ0n) is 14.7. The third-order valence-corrected chi connectivity index (χ3v) is 4.28. The van der Waals surface area contributed by atoms with E-state index < -0.39 is 5.82 Å². The molecule has 0 spiro atoms. The molecule has 0 saturated carbocycles. The molecule has 0 aliphatic carbocycles. The summed E-state index contributed by atoms with van der Waals surface area (Å²) < 4.78 is 15.2. The third kappa shape index (κ3) is 2.48. The van der Waals surface area contributed by atoms with Crippen LogP contribution in [0.4, 0.5) is 4.39 Å². The van der Waals surface area contributed by atoms with Crippen molar-refractivity contribution >= 4 is 16.6 Å². The number of aromatic nitrogens is 2. The van der Waals surface area contributed by atoms with Crippen LogP contribution in [-0.2, 0) is 11.4 Å². The molecule has 0 unspecified atom stereocenters. The second kappa shape index (κ2) is 6.03. The maximum atomic E-state index is 13.7. The highest BCUT2D eigenvalue weighted by molar-refractivity contribution is 6.16. The van der Waals surface area contributed by atoms with Crippen LogP contribution in [0.2, 0.25) is 0 Å². The highest BCUT2D eigenvalue weighted by Gasteiger charge is 2.29. The number of halogens is 1. The second-order valence-corrected chi connectivity index (χ2v) is 6.45. The Balaban J connectivity index is 2.03. The quantitative estimate of drug-likeness (QED) is 0.531. The smallest absolute Gasteiger partial charge is 0.266 e. The summed E-state index contributed by atoms with van der Waals surface area (Å²) >= 11 is 0. The van der Waals surface area contributed by atoms with Crippen molar-refractivity contribution in [3.63, 3.8) is 0 Å². The van der Waals surface area contributed by atoms with Gasteiger partial charge in [-0.3, -0.25) is 9.36 Å². The van der Waals surface area contributed by atoms with Gasteiger partial charge in [-0.15, -0.1) is 0 Å². The summed E-state index contributed by atoms with van der Waals surface area (Å²) in [4.78, 5) is 24.7. The zero-order valence-corrected chi connectivity index (χ0v) is 14.7. The molecule has 0 atom stereocenters. The summed E-state index contributed by atoms with van der Waals surface area (Å²) in [5.41, 5.74) is 2.76. The molecular formula is C19H17FN4O2. The van der Waals surface area contributed by atoms with Gasteiger partial charge in [-0.2, -0.15) is 0 Å². The number of hydrogen-bond acceptors (Lipinski definition) is 5. The summed E-state index contributed by atoms with van der Waals surface area (Å²) in [6.45, 7) is 0.718. The van der Waals surface area contributed by atoms with Crippen molar-refractivity contribution < 1.29 is 9.23 Å². The van der Waals surface area contributed by atoms with Crippen molar-refractivity contribution in [3.8, 4) is 5.69 Å². The van der Waals surface area contributed by atoms with E-state index in [1.165, 1.54) is 23.8 Å². The molecule has 4 rings (SSSR count). The van der Waals surface area contributed by atoms with Crippen molar-refractivity contribution in [1.82, 2.24) is 14.5 Å². The summed E-state index contributed by atoms with van der Waals surface area (Å²) in [7, 11) is 5.34. The minimum absolute atomic E-state index is 0.209. The maximum absolute atomic E-state index is 13.7. The van der Waals surface area contributed by atoms with Crippen LogP contribution in [0.3, 0.4) is 0 Å². The molecule has 1 aliphatic rings. The van der Waals surface area contributed by atoms with Gasteiger partial charge in [0.05, 0.1) is 16.6 Å². The summed E-state index contributed by atoms with van der Waals surface area (Å²) in [5.74, 6) is -0.0588. The number of benzene rings is 2. The molecule has 26 heavy (non-hydrogen) atoms. The summed E-state index contributed by atoms with van der Waals surface area (Å²) in [5, 5.41) is 4.49. The van der Waals surface area contributed by atoms with Gasteiger partial charge in [-0.25, -0.2) is 9.37 Å². The van der Waals surface area contributed by atoms with E-state index in [9.17, 15) is 9.18 Å². The fourth-order valence-electron chi connectivity index (χ4n) is 3.27. The third-order valence-electron chi connectivity index (χ3n) is 4.28. The summed E-state index contributed by atoms with van der Waals surface area (Å²) in [6, 6.07) is 9.84. The molecular weight excluding hydrogens is 335 g/mol. The Kier molecular flexibility index (Phi) is 3.81. The van der Waals surface area contributed by atoms with Gasteiger partial charge < -0.3 is 9.74 Å². The lowest BCUT2D eigenvalue weighted by atomic mass is 10.1. The lowest BCUT2D eigenvalue weighted by molar-refractivity contribution is 0.214. The fraction of sp³-hybridized carbons (Fsp3) is 0.211. The van der Waals surface area contributed by atoms with Gasteiger partial charge in [0.25, 0.3) is 5.56 Å². The number of rotatable bonds is 3. The van der Waals surface area contributed by atoms with Gasteiger partial charge in [0.15, 0.2) is 11.5 Å². The average Bonchev–Trinajstić information content (AvgIpc) is 2.89. The van der Waals surface area contributed by atoms with E-state index in [2.05, 4.69) is 10.1 Å². The maximum Gasteiger partial charge on any atom is 0.266 e. The Bertz CT molecular complexity index is 1120. The van der Waals surface area contributed by atoms with Gasteiger partial charge in [-0.05, 0) is 50.0 Å². The van der Waals surface area contributed by atoms with Crippen molar-refractivity contribution in [1.29, 1.82) is 0 Å². The monoisotopic (exact) mass is 352 g/mol. The van der Waals surface area contributed by atoms with E-state index in [1.807, 2.05) is 37.2 Å². The lowest BCUT2D eigenvalue weighted by Gasteiger charge is -2.11. The molecule has 0 amide bonds. The molecule has 7 heteroatoms. The van der Waals surface area contributed by atoms with Gasteiger partial charge in [0.2, 0.25) is 0 Å². The van der Waals surface area contributed by atoms with Gasteiger partial charge >= 0.3 is 0 Å². The topological polar surface area (TPSA) is 59.7 Å². The normalized spacial score (nSPS) is 14.1. The van der Waals surface area contributed by atoms with Crippen LogP contribution in [0.25, 0.3) is 16.6 Å². The molecule has 0 radical (unpaired) electrons. The molecule has 3 aromatic rings. The van der Waals surface area contributed by atoms with E-state index >= 15 is 0 Å². The van der Waals surface area contributed by atoms with Crippen LogP contribution in [0, 0.1) is 5.82 Å². The van der Waals surface area contributed by atoms with E-state index in [0.717, 1.165) is 12.1 Å². The minimum Gasteiger partial charge on any atom is -0.399 e. The molecule has 2 aromatic carbocycles. The van der Waals surface area contributed by atoms with Crippen LogP contribution in [0.1, 0.15) is 17.0 Å². The first-order valence-electron chi connectivity index (χ1n) is 8.12. The summed E-state index contributed by atoms with van der Waals surface area (Å²) in [6.07, 6.45) is 0. The second-order valence-electron chi connectivity index (χ2n) is 6.45. The predicted molar refractivity (Wildman–Crippen MR) is 97.3 cm³/mol. The highest BCUT2D eigenvalue weighted by Crippen LogP contribution is 2.28. The van der Waals surface area contributed by atoms with Crippen LogP contribution in [-0.4, -0.2) is 41.4 Å². The molecule has 0 saturated heterocycles. The van der Waals surface area contributed by atoms with Crippen molar-refractivity contribution in [2.75, 3.05) is 21.2 Å². The Morgan fingerprint density at radius 3 is 2.77 bits per heavy atom. The first-order valence-corrected chi connectivity index (χ1v) is 8.12. The molecule has 0 bridgehead atoms. The average molecular weight is 352 g/mol. The van der Waals surface area contributed by atoms with Crippen molar-refractivity contribution in [2.24, 2.45) is 5.16 Å². The molecule has 0 N–H and O–H groups in total. The Hall–Kier alpha value is -3.06. The Morgan fingerprint density at radius 1 is 1.23 bits per heavy atom. The van der Waals surface area contributed by atoms with E-state index in [-0.39, 0.29) is 5.56 Å². The number of oxime groups is 1. The molecule has 132 valence electrons. The Labute approximate surface area is 149 Å². The predicted octanol–water partition coefficient (Wildman–Crippen LogP) is 2.30. The SMILES string of the molecule is CO/N=C1/c2cc(F)ccc2-n2c1nc1ccc(CN(C)C)cc1c2=O. The van der Waals surface area contributed by atoms with Gasteiger partial charge in [0, 0.05) is 12.1 Å². The van der Waals surface area contributed by atoms with Crippen molar-refractivity contribution in [3.05, 3.63) is 69.5 Å². The van der Waals surface area contributed by atoms with Crippen molar-refractivity contribution in [2.45, 2.75) is 6.54 Å². The molecule has 1 aromatic heterocycles. The van der Waals surface area contributed by atoms with Gasteiger partial charge in [-0.1, -0.05) is 11.2 Å². The van der Waals surface area contributed by atoms with E-state index in [0.29, 0.717) is 33.7 Å². The first-order chi connectivity index (χ1) is 12.5. The number of nitrogens with zero attached hydrogens (tertiary/aromatic N) is 4. The molecule has 6 nitrogen and oxygen atoms in total. The fourth-order valence-corrected chi connectivity index (χ4v) is 3.27. The Morgan fingerprint density at radius 2 is 2.04 bits per heavy atom. The molecule has 0 fully saturated rings. The van der Waals surface area contributed by atoms with Gasteiger partial charge in [0.1, 0.15) is 12.9 Å². The molecule has 1 aliphatic heterocycles. The van der Waals surface area contributed by atoms with Crippen LogP contribution in [0.5, 0.6) is 0 Å². The minimum atomic E-state index is -0.411. The number of fused-ring (bicyclic) bond motifs is 4. The van der Waals surface area contributed by atoms with E-state index in [4.69, 9.17) is 4.84 Å². The van der Waals surface area contributed by atoms with Crippen LogP contribution in [0.15, 0.2) is 46.3 Å². The van der Waals surface area contributed by atoms with Crippen LogP contribution < -0.4 is 5.56 Å². The highest BCUT2D eigenvalue weighted by atomic mass is 19.1. The zero-order chi connectivity index (χ0) is 18.4. The van der Waals surface area contributed by atoms with Crippen LogP contribution >= 0.6 is 0 Å². The number of hydrogen-bond donors (Lipinski definition) is 0. The standard InChI is InChI=1S/C19H17FN4O2/c1-23(2)10-11-4-6-15-13(8-11)19(25)24-16-7-5-12(20)9-14(16)17(22-26-3)18(24)21-15/h4-9H,10H2,1-3H3/b22-17-. The largest absolute Gasteiger partial charge is 0.399 e. The van der Waals surface area contributed by atoms with E-state index in [1.54, 1.807) is 6.07 Å². The molecule has 2 heterocycles.